The predicted octanol–water partition coefficient (Wildman–Crippen LogP) is 21.5. The summed E-state index contributed by atoms with van der Waals surface area (Å²) in [7, 11) is 0. The van der Waals surface area contributed by atoms with E-state index in [0.717, 1.165) is 38.5 Å². The van der Waals surface area contributed by atoms with Crippen LogP contribution in [0.4, 0.5) is 0 Å². The van der Waals surface area contributed by atoms with E-state index in [0.29, 0.717) is 12.8 Å². The Kier molecular flexibility index (Phi) is 59.7. The molecule has 0 aliphatic carbocycles. The van der Waals surface area contributed by atoms with E-state index in [4.69, 9.17) is 9.47 Å². The van der Waals surface area contributed by atoms with Crippen LogP contribution >= 0.6 is 0 Å². The van der Waals surface area contributed by atoms with Crippen molar-refractivity contribution in [3.8, 4) is 0 Å². The first kappa shape index (κ1) is 67.6. The van der Waals surface area contributed by atoms with Gasteiger partial charge >= 0.3 is 11.9 Å². The Labute approximate surface area is 432 Å². The summed E-state index contributed by atoms with van der Waals surface area (Å²) in [6.07, 6.45) is 76.8. The van der Waals surface area contributed by atoms with Crippen LogP contribution in [0.3, 0.4) is 0 Å². The Morgan fingerprint density at radius 3 is 0.783 bits per heavy atom. The summed E-state index contributed by atoms with van der Waals surface area (Å²) in [5.41, 5.74) is 0. The molecule has 0 aromatic carbocycles. The van der Waals surface area contributed by atoms with Crippen molar-refractivity contribution >= 4 is 11.9 Å². The van der Waals surface area contributed by atoms with Crippen molar-refractivity contribution in [2.45, 2.75) is 373 Å². The van der Waals surface area contributed by atoms with E-state index in [2.05, 4.69) is 26.0 Å². The second-order valence-corrected chi connectivity index (χ2v) is 21.9. The van der Waals surface area contributed by atoms with Gasteiger partial charge in [0.25, 0.3) is 0 Å². The second-order valence-electron chi connectivity index (χ2n) is 21.9. The van der Waals surface area contributed by atoms with Gasteiger partial charge in [-0.05, 0) is 38.5 Å². The molecule has 5 heteroatoms. The molecule has 0 aliphatic heterocycles. The van der Waals surface area contributed by atoms with E-state index in [9.17, 15) is 14.7 Å². The molecule has 0 amide bonds. The van der Waals surface area contributed by atoms with Crippen molar-refractivity contribution in [2.24, 2.45) is 0 Å². The monoisotopic (exact) mass is 973 g/mol. The molecule has 0 rings (SSSR count). The van der Waals surface area contributed by atoms with Gasteiger partial charge in [0, 0.05) is 12.8 Å². The zero-order chi connectivity index (χ0) is 49.9. The zero-order valence-corrected chi connectivity index (χ0v) is 47.1. The van der Waals surface area contributed by atoms with Gasteiger partial charge in [0.15, 0.2) is 6.10 Å². The first-order valence-electron chi connectivity index (χ1n) is 31.7. The number of unbranched alkanes of at least 4 members (excludes halogenated alkanes) is 50. The van der Waals surface area contributed by atoms with Crippen LogP contribution in [-0.4, -0.2) is 36.4 Å². The van der Waals surface area contributed by atoms with E-state index < -0.39 is 6.10 Å². The fraction of sp³-hybridized carbons (Fsp3) is 0.938. The molecule has 69 heavy (non-hydrogen) atoms. The smallest absolute Gasteiger partial charge is 0.306 e. The van der Waals surface area contributed by atoms with Crippen molar-refractivity contribution in [3.05, 3.63) is 12.2 Å². The Morgan fingerprint density at radius 2 is 0.536 bits per heavy atom. The van der Waals surface area contributed by atoms with Gasteiger partial charge in [-0.2, -0.15) is 0 Å². The maximum atomic E-state index is 12.2. The van der Waals surface area contributed by atoms with Gasteiger partial charge in [0.2, 0.25) is 0 Å². The molecule has 0 saturated carbocycles. The molecule has 0 bridgehead atoms. The SMILES string of the molecule is CCCCCCC/C=C\CCCCCCCC(=O)OC(CO)COC(=O)CCCCCCCCCCCCCCCCCCCCCCCCCCCCCCCCCCCCCCCCCCC. The lowest BCUT2D eigenvalue weighted by Gasteiger charge is -2.15. The Balaban J connectivity index is 3.31. The minimum Gasteiger partial charge on any atom is -0.462 e. The molecule has 0 spiro atoms. The highest BCUT2D eigenvalue weighted by Gasteiger charge is 2.16. The third-order valence-corrected chi connectivity index (χ3v) is 14.8. The fourth-order valence-electron chi connectivity index (χ4n) is 10.0. The van der Waals surface area contributed by atoms with Gasteiger partial charge in [0.1, 0.15) is 6.61 Å². The van der Waals surface area contributed by atoms with Crippen LogP contribution < -0.4 is 0 Å². The lowest BCUT2D eigenvalue weighted by atomic mass is 10.0. The van der Waals surface area contributed by atoms with Gasteiger partial charge in [0.05, 0.1) is 6.61 Å². The molecule has 0 aliphatic rings. The molecule has 1 atom stereocenters. The summed E-state index contributed by atoms with van der Waals surface area (Å²) in [5.74, 6) is -0.581. The minimum absolute atomic E-state index is 0.0624. The van der Waals surface area contributed by atoms with Gasteiger partial charge in [-0.25, -0.2) is 0 Å². The van der Waals surface area contributed by atoms with Crippen LogP contribution in [-0.2, 0) is 19.1 Å². The molecular formula is C64H124O5. The fourth-order valence-corrected chi connectivity index (χ4v) is 10.0. The van der Waals surface area contributed by atoms with Crippen LogP contribution in [0.1, 0.15) is 367 Å². The number of carbonyl (C=O) groups is 2. The number of aliphatic hydroxyl groups is 1. The number of carbonyl (C=O) groups excluding carboxylic acids is 2. The summed E-state index contributed by atoms with van der Waals surface area (Å²) >= 11 is 0. The molecule has 0 aromatic rings. The standard InChI is InChI=1S/C64H124O5/c1-3-5-7-9-11-13-15-17-19-20-21-22-23-24-25-26-27-28-29-30-31-32-33-34-35-36-37-38-39-40-41-42-43-44-45-47-48-50-52-54-56-58-63(66)68-61-62(60-65)69-64(67)59-57-55-53-51-49-46-18-16-14-12-10-8-6-4-2/h16,18,62,65H,3-15,17,19-61H2,1-2H3/b18-16-. The zero-order valence-electron chi connectivity index (χ0n) is 47.1. The lowest BCUT2D eigenvalue weighted by Crippen LogP contribution is -2.28. The van der Waals surface area contributed by atoms with Gasteiger partial charge in [-0.15, -0.1) is 0 Å². The highest BCUT2D eigenvalue weighted by Crippen LogP contribution is 2.19. The summed E-state index contributed by atoms with van der Waals surface area (Å²) in [5, 5.41) is 9.63. The lowest BCUT2D eigenvalue weighted by molar-refractivity contribution is -0.161. The normalized spacial score (nSPS) is 12.1. The van der Waals surface area contributed by atoms with Crippen molar-refractivity contribution in [3.63, 3.8) is 0 Å². The molecule has 0 fully saturated rings. The number of rotatable bonds is 60. The van der Waals surface area contributed by atoms with Crippen LogP contribution in [0, 0.1) is 0 Å². The van der Waals surface area contributed by atoms with Crippen molar-refractivity contribution in [1.82, 2.24) is 0 Å². The largest absolute Gasteiger partial charge is 0.462 e. The molecule has 1 N–H and O–H groups in total. The number of hydrogen-bond acceptors (Lipinski definition) is 5. The van der Waals surface area contributed by atoms with Gasteiger partial charge in [-0.3, -0.25) is 9.59 Å². The molecular weight excluding hydrogens is 849 g/mol. The number of esters is 2. The van der Waals surface area contributed by atoms with Gasteiger partial charge in [-0.1, -0.05) is 328 Å². The molecule has 0 radical (unpaired) electrons. The van der Waals surface area contributed by atoms with Crippen LogP contribution in [0.15, 0.2) is 12.2 Å². The van der Waals surface area contributed by atoms with Gasteiger partial charge < -0.3 is 14.6 Å². The predicted molar refractivity (Wildman–Crippen MR) is 302 cm³/mol. The third kappa shape index (κ3) is 59.1. The minimum atomic E-state index is -0.771. The number of ether oxygens (including phenoxy) is 2. The second kappa shape index (κ2) is 60.9. The van der Waals surface area contributed by atoms with E-state index in [1.165, 1.54) is 302 Å². The summed E-state index contributed by atoms with van der Waals surface area (Å²) in [6.45, 7) is 4.17. The molecule has 0 heterocycles. The molecule has 410 valence electrons. The van der Waals surface area contributed by atoms with Crippen molar-refractivity contribution < 1.29 is 24.2 Å². The summed E-state index contributed by atoms with van der Waals surface area (Å²) in [4.78, 5) is 24.5. The topological polar surface area (TPSA) is 72.8 Å². The molecule has 5 nitrogen and oxygen atoms in total. The van der Waals surface area contributed by atoms with Crippen molar-refractivity contribution in [1.29, 1.82) is 0 Å². The maximum absolute atomic E-state index is 12.2. The molecule has 0 saturated heterocycles. The van der Waals surface area contributed by atoms with E-state index in [-0.39, 0.29) is 25.2 Å². The average molecular weight is 974 g/mol. The van der Waals surface area contributed by atoms with E-state index in [1.54, 1.807) is 0 Å². The highest BCUT2D eigenvalue weighted by atomic mass is 16.6. The summed E-state index contributed by atoms with van der Waals surface area (Å²) in [6, 6.07) is 0. The number of aliphatic hydroxyl groups excluding tert-OH is 1. The average Bonchev–Trinajstić information content (AvgIpc) is 3.35. The van der Waals surface area contributed by atoms with Crippen LogP contribution in [0.2, 0.25) is 0 Å². The summed E-state index contributed by atoms with van der Waals surface area (Å²) < 4.78 is 10.7. The quantitative estimate of drug-likeness (QED) is 0.0373. The Hall–Kier alpha value is -1.36. The number of allylic oxidation sites excluding steroid dienone is 2. The maximum Gasteiger partial charge on any atom is 0.306 e. The molecule has 1 unspecified atom stereocenters. The van der Waals surface area contributed by atoms with Crippen molar-refractivity contribution in [2.75, 3.05) is 13.2 Å². The Morgan fingerprint density at radius 1 is 0.319 bits per heavy atom. The number of hydrogen-bond donors (Lipinski definition) is 1. The van der Waals surface area contributed by atoms with E-state index >= 15 is 0 Å². The third-order valence-electron chi connectivity index (χ3n) is 14.8. The van der Waals surface area contributed by atoms with Crippen LogP contribution in [0.25, 0.3) is 0 Å². The van der Waals surface area contributed by atoms with Crippen LogP contribution in [0.5, 0.6) is 0 Å². The first-order chi connectivity index (χ1) is 34.1. The highest BCUT2D eigenvalue weighted by molar-refractivity contribution is 5.70. The molecule has 0 aromatic heterocycles. The Bertz CT molecular complexity index is 1010. The first-order valence-corrected chi connectivity index (χ1v) is 31.7. The van der Waals surface area contributed by atoms with E-state index in [1.807, 2.05) is 0 Å².